The lowest BCUT2D eigenvalue weighted by molar-refractivity contribution is -0.142. The summed E-state index contributed by atoms with van der Waals surface area (Å²) in [6.45, 7) is 0.205. The number of benzene rings is 4. The molecule has 3 heterocycles. The van der Waals surface area contributed by atoms with E-state index >= 15 is 0 Å². The minimum Gasteiger partial charge on any atom is -0.489 e. The molecule has 248 valence electrons. The molecule has 1 unspecified atom stereocenters. The first-order valence-electron chi connectivity index (χ1n) is 15.8. The van der Waals surface area contributed by atoms with E-state index in [0.29, 0.717) is 28.1 Å². The zero-order valence-electron chi connectivity index (χ0n) is 26.6. The van der Waals surface area contributed by atoms with Crippen molar-refractivity contribution >= 4 is 33.3 Å². The van der Waals surface area contributed by atoms with Crippen LogP contribution in [0, 0.1) is 17.1 Å². The lowest BCUT2D eigenvalue weighted by Crippen LogP contribution is -2.49. The highest BCUT2D eigenvalue weighted by Gasteiger charge is 2.45. The van der Waals surface area contributed by atoms with Gasteiger partial charge < -0.3 is 4.74 Å². The summed E-state index contributed by atoms with van der Waals surface area (Å²) < 4.78 is 46.0. The molecule has 50 heavy (non-hydrogen) atoms. The van der Waals surface area contributed by atoms with Crippen LogP contribution in [0.4, 0.5) is 4.39 Å². The van der Waals surface area contributed by atoms with Crippen molar-refractivity contribution in [3.05, 3.63) is 149 Å². The van der Waals surface area contributed by atoms with Crippen molar-refractivity contribution in [1.82, 2.24) is 14.7 Å². The Bertz CT molecular complexity index is 2330. The Morgan fingerprint density at radius 3 is 2.28 bits per heavy atom. The summed E-state index contributed by atoms with van der Waals surface area (Å²) in [6, 6.07) is 32.5. The molecule has 11 heteroatoms. The lowest BCUT2D eigenvalue weighted by atomic mass is 9.86. The van der Waals surface area contributed by atoms with E-state index in [1.54, 1.807) is 71.6 Å². The molecular weight excluding hydrogens is 656 g/mol. The summed E-state index contributed by atoms with van der Waals surface area (Å²) >= 11 is 0. The molecule has 1 aromatic heterocycles. The zero-order chi connectivity index (χ0) is 34.8. The van der Waals surface area contributed by atoms with Crippen molar-refractivity contribution in [1.29, 1.82) is 5.26 Å². The van der Waals surface area contributed by atoms with Gasteiger partial charge in [0, 0.05) is 22.9 Å². The second-order valence-corrected chi connectivity index (χ2v) is 14.2. The highest BCUT2D eigenvalue weighted by atomic mass is 32.2. The van der Waals surface area contributed by atoms with Crippen LogP contribution in [0.5, 0.6) is 5.75 Å². The fourth-order valence-electron chi connectivity index (χ4n) is 6.21. The molecule has 2 aliphatic heterocycles. The second kappa shape index (κ2) is 13.4. The third-order valence-electron chi connectivity index (χ3n) is 8.64. The Kier molecular flexibility index (Phi) is 8.70. The number of nitrogens with zero attached hydrogens (tertiary/aromatic N) is 4. The molecule has 1 saturated heterocycles. The van der Waals surface area contributed by atoms with Crippen molar-refractivity contribution in [2.45, 2.75) is 19.1 Å². The summed E-state index contributed by atoms with van der Waals surface area (Å²) in [4.78, 5) is 29.2. The first-order valence-corrected chi connectivity index (χ1v) is 17.7. The quantitative estimate of drug-likeness (QED) is 0.141. The highest BCUT2D eigenvalue weighted by molar-refractivity contribution is 7.91. The first kappa shape index (κ1) is 32.4. The van der Waals surface area contributed by atoms with Gasteiger partial charge in [0.1, 0.15) is 35.5 Å². The zero-order valence-corrected chi connectivity index (χ0v) is 27.4. The largest absolute Gasteiger partial charge is 0.489 e. The minimum atomic E-state index is -3.46. The maximum Gasteiger partial charge on any atom is 0.272 e. The molecule has 9 nitrogen and oxygen atoms in total. The van der Waals surface area contributed by atoms with Gasteiger partial charge in [0.2, 0.25) is 0 Å². The maximum atomic E-state index is 14.4. The van der Waals surface area contributed by atoms with Gasteiger partial charge in [-0.25, -0.2) is 17.5 Å². The van der Waals surface area contributed by atoms with E-state index in [-0.39, 0.29) is 47.1 Å². The van der Waals surface area contributed by atoms with Crippen LogP contribution in [0.2, 0.25) is 0 Å². The number of imide groups is 1. The van der Waals surface area contributed by atoms with Gasteiger partial charge in [0.05, 0.1) is 28.8 Å². The average molecular weight is 685 g/mol. The van der Waals surface area contributed by atoms with Crippen molar-refractivity contribution in [3.8, 4) is 28.8 Å². The van der Waals surface area contributed by atoms with Gasteiger partial charge in [-0.2, -0.15) is 10.4 Å². The molecular formula is C39H29FN4O5S. The Hall–Kier alpha value is -6.12. The SMILES string of the molecule is N#CC1=C(c2ccccc2)/C(=C/c2cn(-c3ccccc3)nc2-c2cccc(OCc3ccc(F)cc3)c2)C(=O)N(C2CCS(=O)(=O)C2)C1=O. The van der Waals surface area contributed by atoms with Crippen LogP contribution < -0.4 is 4.74 Å². The summed E-state index contributed by atoms with van der Waals surface area (Å²) in [5, 5.41) is 15.2. The van der Waals surface area contributed by atoms with Crippen LogP contribution in [0.25, 0.3) is 28.6 Å². The Morgan fingerprint density at radius 2 is 1.60 bits per heavy atom. The highest BCUT2D eigenvalue weighted by Crippen LogP contribution is 2.38. The molecule has 0 spiro atoms. The summed E-state index contributed by atoms with van der Waals surface area (Å²) in [6.07, 6.45) is 3.46. The van der Waals surface area contributed by atoms with Crippen LogP contribution >= 0.6 is 0 Å². The van der Waals surface area contributed by atoms with Gasteiger partial charge >= 0.3 is 0 Å². The number of amides is 2. The predicted octanol–water partition coefficient (Wildman–Crippen LogP) is 6.17. The van der Waals surface area contributed by atoms with E-state index in [2.05, 4.69) is 0 Å². The molecule has 0 radical (unpaired) electrons. The third kappa shape index (κ3) is 6.49. The van der Waals surface area contributed by atoms with Gasteiger partial charge in [-0.3, -0.25) is 14.5 Å². The molecule has 0 saturated carbocycles. The summed E-state index contributed by atoms with van der Waals surface area (Å²) in [5.41, 5.74) is 3.65. The van der Waals surface area contributed by atoms with Crippen LogP contribution in [-0.4, -0.2) is 52.5 Å². The summed E-state index contributed by atoms with van der Waals surface area (Å²) in [5.74, 6) is -1.83. The number of ether oxygens (including phenoxy) is 1. The number of hydrogen-bond acceptors (Lipinski definition) is 7. The van der Waals surface area contributed by atoms with E-state index in [4.69, 9.17) is 9.84 Å². The van der Waals surface area contributed by atoms with Gasteiger partial charge in [-0.05, 0) is 60.0 Å². The first-order chi connectivity index (χ1) is 24.2. The van der Waals surface area contributed by atoms with Crippen LogP contribution in [-0.2, 0) is 26.0 Å². The molecule has 2 amide bonds. The summed E-state index contributed by atoms with van der Waals surface area (Å²) in [7, 11) is -3.46. The topological polar surface area (TPSA) is 122 Å². The Labute approximate surface area is 288 Å². The van der Waals surface area contributed by atoms with Gasteiger partial charge in [-0.1, -0.05) is 72.8 Å². The monoisotopic (exact) mass is 684 g/mol. The van der Waals surface area contributed by atoms with Crippen LogP contribution in [0.15, 0.2) is 127 Å². The van der Waals surface area contributed by atoms with Gasteiger partial charge in [0.25, 0.3) is 11.8 Å². The molecule has 0 bridgehead atoms. The average Bonchev–Trinajstić information content (AvgIpc) is 3.72. The number of aromatic nitrogens is 2. The molecule has 4 aromatic carbocycles. The fourth-order valence-corrected chi connectivity index (χ4v) is 7.91. The minimum absolute atomic E-state index is 0.0641. The normalized spacial score (nSPS) is 18.0. The molecule has 2 aliphatic rings. The van der Waals surface area contributed by atoms with Crippen LogP contribution in [0.1, 0.15) is 23.1 Å². The maximum absolute atomic E-state index is 14.4. The van der Waals surface area contributed by atoms with E-state index < -0.39 is 27.7 Å². The molecule has 0 aliphatic carbocycles. The second-order valence-electron chi connectivity index (χ2n) is 12.0. The van der Waals surface area contributed by atoms with Crippen molar-refractivity contribution in [2.24, 2.45) is 0 Å². The molecule has 5 aromatic rings. The van der Waals surface area contributed by atoms with E-state index in [0.717, 1.165) is 16.2 Å². The number of rotatable bonds is 8. The standard InChI is InChI=1S/C39H29FN4O5S/c40-30-16-14-26(15-17-30)24-49-33-13-7-10-28(20-33)37-29(23-43(42-37)31-11-5-2-6-12-31)21-34-36(27-8-3-1-4-9-27)35(22-41)39(46)44(38(34)45)32-18-19-50(47,48)25-32/h1-17,20-21,23,32H,18-19,24-25H2/b34-21-. The van der Waals surface area contributed by atoms with Gasteiger partial charge in [0.15, 0.2) is 9.84 Å². The lowest BCUT2D eigenvalue weighted by Gasteiger charge is -2.32. The van der Waals surface area contributed by atoms with E-state index in [1.165, 1.54) is 12.1 Å². The molecule has 1 fully saturated rings. The Balaban J connectivity index is 1.37. The molecule has 1 atom stereocenters. The number of carbonyl (C=O) groups excluding carboxylic acids is 2. The number of para-hydroxylation sites is 1. The predicted molar refractivity (Wildman–Crippen MR) is 186 cm³/mol. The number of halogens is 1. The van der Waals surface area contributed by atoms with Crippen LogP contribution in [0.3, 0.4) is 0 Å². The van der Waals surface area contributed by atoms with Crippen molar-refractivity contribution in [2.75, 3.05) is 11.5 Å². The third-order valence-corrected chi connectivity index (χ3v) is 10.4. The Morgan fingerprint density at radius 1 is 0.900 bits per heavy atom. The number of nitriles is 1. The fraction of sp³-hybridized carbons (Fsp3) is 0.128. The molecule has 7 rings (SSSR count). The van der Waals surface area contributed by atoms with Gasteiger partial charge in [-0.15, -0.1) is 0 Å². The van der Waals surface area contributed by atoms with E-state index in [1.807, 2.05) is 48.5 Å². The van der Waals surface area contributed by atoms with Crippen molar-refractivity contribution < 1.29 is 27.1 Å². The molecule has 0 N–H and O–H groups in total. The number of sulfone groups is 1. The smallest absolute Gasteiger partial charge is 0.272 e. The number of carbonyl (C=O) groups is 2. The van der Waals surface area contributed by atoms with Crippen molar-refractivity contribution in [3.63, 3.8) is 0 Å². The number of hydrogen-bond donors (Lipinski definition) is 0. The van der Waals surface area contributed by atoms with E-state index in [9.17, 15) is 27.7 Å².